The third-order valence-corrected chi connectivity index (χ3v) is 2.98. The lowest BCUT2D eigenvalue weighted by Gasteiger charge is -2.42. The Morgan fingerprint density at radius 1 is 1.40 bits per heavy atom. The standard InChI is InChI=1S/C12H22O3/c1-4-6-7-15-10-8-12(3,9-10)11(13)14-5-2/h10H,4-9H2,1-3H3. The Bertz CT molecular complexity index is 207. The van der Waals surface area contributed by atoms with Gasteiger partial charge in [0.15, 0.2) is 0 Å². The van der Waals surface area contributed by atoms with Gasteiger partial charge in [0.25, 0.3) is 0 Å². The summed E-state index contributed by atoms with van der Waals surface area (Å²) in [4.78, 5) is 11.5. The van der Waals surface area contributed by atoms with Crippen LogP contribution in [0.1, 0.15) is 46.5 Å². The quantitative estimate of drug-likeness (QED) is 0.503. The largest absolute Gasteiger partial charge is 0.466 e. The molecule has 0 atom stereocenters. The molecule has 0 amide bonds. The summed E-state index contributed by atoms with van der Waals surface area (Å²) >= 11 is 0. The molecule has 0 saturated heterocycles. The van der Waals surface area contributed by atoms with Crippen LogP contribution in [0.25, 0.3) is 0 Å². The lowest BCUT2D eigenvalue weighted by atomic mass is 9.68. The van der Waals surface area contributed by atoms with E-state index in [0.29, 0.717) is 6.61 Å². The number of ether oxygens (including phenoxy) is 2. The second kappa shape index (κ2) is 5.50. The first-order valence-corrected chi connectivity index (χ1v) is 5.91. The van der Waals surface area contributed by atoms with Crippen molar-refractivity contribution in [1.29, 1.82) is 0 Å². The van der Waals surface area contributed by atoms with Gasteiger partial charge in [-0.2, -0.15) is 0 Å². The molecule has 3 nitrogen and oxygen atoms in total. The van der Waals surface area contributed by atoms with E-state index in [1.54, 1.807) is 0 Å². The molecule has 0 aromatic rings. The van der Waals surface area contributed by atoms with Crippen LogP contribution in [0.2, 0.25) is 0 Å². The average molecular weight is 214 g/mol. The van der Waals surface area contributed by atoms with Gasteiger partial charge in [-0.25, -0.2) is 0 Å². The number of rotatable bonds is 6. The van der Waals surface area contributed by atoms with Crippen LogP contribution in [0.4, 0.5) is 0 Å². The smallest absolute Gasteiger partial charge is 0.311 e. The van der Waals surface area contributed by atoms with Gasteiger partial charge in [-0.1, -0.05) is 13.3 Å². The highest BCUT2D eigenvalue weighted by molar-refractivity contribution is 5.77. The van der Waals surface area contributed by atoms with Crippen LogP contribution < -0.4 is 0 Å². The van der Waals surface area contributed by atoms with E-state index in [9.17, 15) is 4.79 Å². The van der Waals surface area contributed by atoms with E-state index < -0.39 is 0 Å². The van der Waals surface area contributed by atoms with Crippen LogP contribution >= 0.6 is 0 Å². The molecule has 1 rings (SSSR count). The van der Waals surface area contributed by atoms with E-state index in [1.165, 1.54) is 0 Å². The molecule has 88 valence electrons. The fourth-order valence-electron chi connectivity index (χ4n) is 1.93. The van der Waals surface area contributed by atoms with E-state index in [0.717, 1.165) is 32.3 Å². The van der Waals surface area contributed by atoms with Crippen molar-refractivity contribution in [2.45, 2.75) is 52.6 Å². The number of hydrogen-bond donors (Lipinski definition) is 0. The van der Waals surface area contributed by atoms with Crippen LogP contribution in [0, 0.1) is 5.41 Å². The molecule has 0 aliphatic heterocycles. The zero-order valence-electron chi connectivity index (χ0n) is 10.0. The predicted octanol–water partition coefficient (Wildman–Crippen LogP) is 2.53. The minimum absolute atomic E-state index is 0.0691. The zero-order valence-corrected chi connectivity index (χ0v) is 10.0. The molecule has 0 aromatic carbocycles. The molecular weight excluding hydrogens is 192 g/mol. The Kier molecular flexibility index (Phi) is 4.58. The first-order valence-electron chi connectivity index (χ1n) is 5.91. The monoisotopic (exact) mass is 214 g/mol. The van der Waals surface area contributed by atoms with E-state index >= 15 is 0 Å². The molecule has 1 saturated carbocycles. The van der Waals surface area contributed by atoms with Gasteiger partial charge in [0.1, 0.15) is 0 Å². The maximum Gasteiger partial charge on any atom is 0.311 e. The number of carbonyl (C=O) groups is 1. The summed E-state index contributed by atoms with van der Waals surface area (Å²) in [5, 5.41) is 0. The fourth-order valence-corrected chi connectivity index (χ4v) is 1.93. The van der Waals surface area contributed by atoms with Crippen molar-refractivity contribution in [1.82, 2.24) is 0 Å². The molecule has 0 bridgehead atoms. The van der Waals surface area contributed by atoms with E-state index in [2.05, 4.69) is 6.92 Å². The Labute approximate surface area is 92.1 Å². The van der Waals surface area contributed by atoms with Crippen LogP contribution in [0.5, 0.6) is 0 Å². The second-order valence-electron chi connectivity index (χ2n) is 4.54. The van der Waals surface area contributed by atoms with Crippen LogP contribution in [-0.2, 0) is 14.3 Å². The molecule has 0 radical (unpaired) electrons. The predicted molar refractivity (Wildman–Crippen MR) is 58.6 cm³/mol. The SMILES string of the molecule is CCCCOC1CC(C)(C(=O)OCC)C1. The molecular formula is C12H22O3. The lowest BCUT2D eigenvalue weighted by molar-refractivity contribution is -0.171. The van der Waals surface area contributed by atoms with Gasteiger partial charge < -0.3 is 9.47 Å². The molecule has 15 heavy (non-hydrogen) atoms. The van der Waals surface area contributed by atoms with Gasteiger partial charge in [-0.3, -0.25) is 4.79 Å². The Balaban J connectivity index is 2.19. The maximum absolute atomic E-state index is 11.5. The number of esters is 1. The van der Waals surface area contributed by atoms with Crippen molar-refractivity contribution in [3.05, 3.63) is 0 Å². The summed E-state index contributed by atoms with van der Waals surface area (Å²) in [6, 6.07) is 0. The Morgan fingerprint density at radius 2 is 2.07 bits per heavy atom. The van der Waals surface area contributed by atoms with Crippen molar-refractivity contribution < 1.29 is 14.3 Å². The number of carbonyl (C=O) groups excluding carboxylic acids is 1. The van der Waals surface area contributed by atoms with Gasteiger partial charge in [0.05, 0.1) is 18.1 Å². The first kappa shape index (κ1) is 12.5. The summed E-state index contributed by atoms with van der Waals surface area (Å²) < 4.78 is 10.7. The van der Waals surface area contributed by atoms with Crippen LogP contribution in [0.15, 0.2) is 0 Å². The maximum atomic E-state index is 11.5. The Hall–Kier alpha value is -0.570. The topological polar surface area (TPSA) is 35.5 Å². The zero-order chi connectivity index (χ0) is 11.3. The summed E-state index contributed by atoms with van der Waals surface area (Å²) in [5.74, 6) is -0.0691. The summed E-state index contributed by atoms with van der Waals surface area (Å²) in [5.41, 5.74) is -0.285. The average Bonchev–Trinajstić information content (AvgIpc) is 2.15. The second-order valence-corrected chi connectivity index (χ2v) is 4.54. The van der Waals surface area contributed by atoms with Crippen molar-refractivity contribution in [2.75, 3.05) is 13.2 Å². The molecule has 1 aliphatic carbocycles. The van der Waals surface area contributed by atoms with Gasteiger partial charge in [-0.05, 0) is 33.1 Å². The summed E-state index contributed by atoms with van der Waals surface area (Å²) in [6.45, 7) is 7.24. The van der Waals surface area contributed by atoms with Crippen molar-refractivity contribution in [3.8, 4) is 0 Å². The van der Waals surface area contributed by atoms with Crippen LogP contribution in [0.3, 0.4) is 0 Å². The van der Waals surface area contributed by atoms with E-state index in [4.69, 9.17) is 9.47 Å². The van der Waals surface area contributed by atoms with Crippen LogP contribution in [-0.4, -0.2) is 25.3 Å². The molecule has 0 spiro atoms. The normalized spacial score (nSPS) is 29.7. The molecule has 0 aromatic heterocycles. The van der Waals surface area contributed by atoms with E-state index in [1.807, 2.05) is 13.8 Å². The van der Waals surface area contributed by atoms with Gasteiger partial charge >= 0.3 is 5.97 Å². The van der Waals surface area contributed by atoms with Crippen molar-refractivity contribution in [3.63, 3.8) is 0 Å². The van der Waals surface area contributed by atoms with Gasteiger partial charge in [0.2, 0.25) is 0 Å². The fraction of sp³-hybridized carbons (Fsp3) is 0.917. The highest BCUT2D eigenvalue weighted by Gasteiger charge is 2.47. The highest BCUT2D eigenvalue weighted by Crippen LogP contribution is 2.43. The molecule has 0 heterocycles. The summed E-state index contributed by atoms with van der Waals surface area (Å²) in [6.07, 6.45) is 4.16. The number of hydrogen-bond acceptors (Lipinski definition) is 3. The minimum Gasteiger partial charge on any atom is -0.466 e. The molecule has 1 aliphatic rings. The van der Waals surface area contributed by atoms with Gasteiger partial charge in [0, 0.05) is 6.61 Å². The molecule has 1 fully saturated rings. The van der Waals surface area contributed by atoms with Gasteiger partial charge in [-0.15, -0.1) is 0 Å². The summed E-state index contributed by atoms with van der Waals surface area (Å²) in [7, 11) is 0. The van der Waals surface area contributed by atoms with Crippen molar-refractivity contribution >= 4 is 5.97 Å². The molecule has 0 N–H and O–H groups in total. The van der Waals surface area contributed by atoms with E-state index in [-0.39, 0.29) is 17.5 Å². The minimum atomic E-state index is -0.285. The molecule has 3 heteroatoms. The Morgan fingerprint density at radius 3 is 2.60 bits per heavy atom. The third-order valence-electron chi connectivity index (χ3n) is 2.98. The first-order chi connectivity index (χ1) is 7.12. The molecule has 0 unspecified atom stereocenters. The number of unbranched alkanes of at least 4 members (excludes halogenated alkanes) is 1. The highest BCUT2D eigenvalue weighted by atomic mass is 16.5. The van der Waals surface area contributed by atoms with Crippen molar-refractivity contribution in [2.24, 2.45) is 5.41 Å². The lowest BCUT2D eigenvalue weighted by Crippen LogP contribution is -2.46. The third kappa shape index (κ3) is 3.20.